The molecule has 0 saturated carbocycles. The number of phenolic OH excluding ortho intramolecular Hbond substituents is 1. The molecule has 2 aromatic rings. The van der Waals surface area contributed by atoms with E-state index in [1.807, 2.05) is 44.2 Å². The molecule has 1 unspecified atom stereocenters. The highest BCUT2D eigenvalue weighted by Gasteiger charge is 2.08. The summed E-state index contributed by atoms with van der Waals surface area (Å²) in [5.41, 5.74) is 2.18. The van der Waals surface area contributed by atoms with Crippen LogP contribution in [-0.2, 0) is 6.54 Å². The molecule has 0 fully saturated rings. The van der Waals surface area contributed by atoms with E-state index in [9.17, 15) is 5.11 Å². The van der Waals surface area contributed by atoms with Gasteiger partial charge in [0.25, 0.3) is 0 Å². The van der Waals surface area contributed by atoms with Crippen LogP contribution in [0.4, 0.5) is 0 Å². The molecule has 5 heteroatoms. The molecule has 0 heterocycles. The van der Waals surface area contributed by atoms with Crippen LogP contribution in [0.2, 0.25) is 0 Å². The van der Waals surface area contributed by atoms with Crippen molar-refractivity contribution in [2.45, 2.75) is 33.4 Å². The fourth-order valence-corrected chi connectivity index (χ4v) is 2.45. The average molecular weight is 341 g/mol. The summed E-state index contributed by atoms with van der Waals surface area (Å²) in [6.07, 6.45) is 0. The van der Waals surface area contributed by atoms with Gasteiger partial charge in [-0.3, -0.25) is 0 Å². The van der Waals surface area contributed by atoms with Crippen LogP contribution in [0.15, 0.2) is 53.5 Å². The first-order valence-corrected chi connectivity index (χ1v) is 8.68. The standard InChI is InChI=1S/C20H27N3O2/c1-4-21-20(23-15(3)17-9-7-6-8-10-17)22-14-16-11-12-18(24)19(13-16)25-5-2/h6-13,15,24H,4-5,14H2,1-3H3,(H2,21,22,23). The number of rotatable bonds is 7. The highest BCUT2D eigenvalue weighted by molar-refractivity contribution is 5.80. The van der Waals surface area contributed by atoms with Crippen molar-refractivity contribution in [3.63, 3.8) is 0 Å². The fourth-order valence-electron chi connectivity index (χ4n) is 2.45. The van der Waals surface area contributed by atoms with E-state index >= 15 is 0 Å². The molecule has 0 bridgehead atoms. The molecule has 2 aromatic carbocycles. The van der Waals surface area contributed by atoms with Crippen molar-refractivity contribution in [2.24, 2.45) is 4.99 Å². The van der Waals surface area contributed by atoms with Gasteiger partial charge >= 0.3 is 0 Å². The number of hydrogen-bond acceptors (Lipinski definition) is 3. The van der Waals surface area contributed by atoms with Gasteiger partial charge < -0.3 is 20.5 Å². The summed E-state index contributed by atoms with van der Waals surface area (Å²) < 4.78 is 5.42. The van der Waals surface area contributed by atoms with E-state index in [0.717, 1.165) is 18.1 Å². The molecule has 0 aliphatic rings. The fraction of sp³-hybridized carbons (Fsp3) is 0.350. The van der Waals surface area contributed by atoms with E-state index in [2.05, 4.69) is 34.7 Å². The zero-order valence-electron chi connectivity index (χ0n) is 15.1. The first kappa shape index (κ1) is 18.6. The number of hydrogen-bond donors (Lipinski definition) is 3. The minimum absolute atomic E-state index is 0.150. The molecule has 25 heavy (non-hydrogen) atoms. The van der Waals surface area contributed by atoms with Crippen LogP contribution in [0, 0.1) is 0 Å². The highest BCUT2D eigenvalue weighted by atomic mass is 16.5. The lowest BCUT2D eigenvalue weighted by atomic mass is 10.1. The van der Waals surface area contributed by atoms with Crippen molar-refractivity contribution < 1.29 is 9.84 Å². The van der Waals surface area contributed by atoms with Crippen LogP contribution in [0.25, 0.3) is 0 Å². The first-order chi connectivity index (χ1) is 12.1. The maximum atomic E-state index is 9.79. The van der Waals surface area contributed by atoms with Gasteiger partial charge in [-0.2, -0.15) is 0 Å². The third-order valence-corrected chi connectivity index (χ3v) is 3.74. The number of nitrogens with zero attached hydrogens (tertiary/aromatic N) is 1. The Hall–Kier alpha value is -2.69. The molecule has 2 rings (SSSR count). The van der Waals surface area contributed by atoms with Crippen molar-refractivity contribution in [2.75, 3.05) is 13.2 Å². The molecule has 1 atom stereocenters. The molecule has 0 spiro atoms. The maximum Gasteiger partial charge on any atom is 0.192 e. The molecular formula is C20H27N3O2. The molecule has 0 aliphatic heterocycles. The largest absolute Gasteiger partial charge is 0.504 e. The van der Waals surface area contributed by atoms with E-state index < -0.39 is 0 Å². The van der Waals surface area contributed by atoms with Crippen molar-refractivity contribution >= 4 is 5.96 Å². The monoisotopic (exact) mass is 341 g/mol. The Labute approximate surface area is 149 Å². The molecule has 134 valence electrons. The van der Waals surface area contributed by atoms with Gasteiger partial charge in [0.1, 0.15) is 0 Å². The molecule has 5 nitrogen and oxygen atoms in total. The molecule has 0 aliphatic carbocycles. The van der Waals surface area contributed by atoms with E-state index in [0.29, 0.717) is 18.9 Å². The molecular weight excluding hydrogens is 314 g/mol. The molecule has 0 aromatic heterocycles. The Bertz CT molecular complexity index is 687. The molecule has 0 saturated heterocycles. The normalized spacial score (nSPS) is 12.5. The number of phenols is 1. The van der Waals surface area contributed by atoms with Crippen molar-refractivity contribution in [1.82, 2.24) is 10.6 Å². The lowest BCUT2D eigenvalue weighted by Gasteiger charge is -2.18. The summed E-state index contributed by atoms with van der Waals surface area (Å²) in [5.74, 6) is 1.40. The third-order valence-electron chi connectivity index (χ3n) is 3.74. The minimum atomic E-state index is 0.150. The summed E-state index contributed by atoms with van der Waals surface area (Å²) in [6.45, 7) is 7.83. The zero-order valence-corrected chi connectivity index (χ0v) is 15.1. The Kier molecular flexibility index (Phi) is 7.14. The first-order valence-electron chi connectivity index (χ1n) is 8.68. The Morgan fingerprint density at radius 2 is 1.92 bits per heavy atom. The van der Waals surface area contributed by atoms with Crippen LogP contribution >= 0.6 is 0 Å². The van der Waals surface area contributed by atoms with Crippen molar-refractivity contribution in [3.8, 4) is 11.5 Å². The maximum absolute atomic E-state index is 9.79. The van der Waals surface area contributed by atoms with Gasteiger partial charge in [-0.05, 0) is 44.0 Å². The summed E-state index contributed by atoms with van der Waals surface area (Å²) in [6, 6.07) is 15.7. The molecule has 0 amide bonds. The van der Waals surface area contributed by atoms with Gasteiger partial charge in [0.2, 0.25) is 0 Å². The summed E-state index contributed by atoms with van der Waals surface area (Å²) in [5, 5.41) is 16.5. The van der Waals surface area contributed by atoms with Gasteiger partial charge in [0.15, 0.2) is 17.5 Å². The van der Waals surface area contributed by atoms with E-state index in [4.69, 9.17) is 4.74 Å². The molecule has 3 N–H and O–H groups in total. The highest BCUT2D eigenvalue weighted by Crippen LogP contribution is 2.27. The molecule has 0 radical (unpaired) electrons. The Morgan fingerprint density at radius 3 is 2.60 bits per heavy atom. The zero-order chi connectivity index (χ0) is 18.1. The SMILES string of the molecule is CCNC(=NCc1ccc(O)c(OCC)c1)NC(C)c1ccccc1. The van der Waals surface area contributed by atoms with Gasteiger partial charge in [0.05, 0.1) is 19.2 Å². The third kappa shape index (κ3) is 5.71. The minimum Gasteiger partial charge on any atom is -0.504 e. The number of benzene rings is 2. The average Bonchev–Trinajstić information content (AvgIpc) is 2.63. The number of ether oxygens (including phenoxy) is 1. The predicted molar refractivity (Wildman–Crippen MR) is 102 cm³/mol. The van der Waals surface area contributed by atoms with Crippen LogP contribution < -0.4 is 15.4 Å². The summed E-state index contributed by atoms with van der Waals surface area (Å²) in [4.78, 5) is 4.64. The van der Waals surface area contributed by atoms with E-state index in [-0.39, 0.29) is 11.8 Å². The quantitative estimate of drug-likeness (QED) is 0.532. The second kappa shape index (κ2) is 9.57. The second-order valence-electron chi connectivity index (χ2n) is 5.71. The topological polar surface area (TPSA) is 65.9 Å². The van der Waals surface area contributed by atoms with Crippen LogP contribution in [-0.4, -0.2) is 24.2 Å². The van der Waals surface area contributed by atoms with Crippen LogP contribution in [0.1, 0.15) is 37.9 Å². The van der Waals surface area contributed by atoms with Crippen LogP contribution in [0.3, 0.4) is 0 Å². The number of guanidine groups is 1. The van der Waals surface area contributed by atoms with Crippen LogP contribution in [0.5, 0.6) is 11.5 Å². The predicted octanol–water partition coefficient (Wildman–Crippen LogP) is 3.61. The van der Waals surface area contributed by atoms with Gasteiger partial charge in [-0.1, -0.05) is 36.4 Å². The van der Waals surface area contributed by atoms with Crippen molar-refractivity contribution in [1.29, 1.82) is 0 Å². The number of nitrogens with one attached hydrogen (secondary N) is 2. The smallest absolute Gasteiger partial charge is 0.192 e. The number of aromatic hydroxyl groups is 1. The Balaban J connectivity index is 2.07. The van der Waals surface area contributed by atoms with Crippen molar-refractivity contribution in [3.05, 3.63) is 59.7 Å². The van der Waals surface area contributed by atoms with Gasteiger partial charge in [-0.25, -0.2) is 4.99 Å². The Morgan fingerprint density at radius 1 is 1.16 bits per heavy atom. The van der Waals surface area contributed by atoms with E-state index in [1.165, 1.54) is 5.56 Å². The van der Waals surface area contributed by atoms with E-state index in [1.54, 1.807) is 6.07 Å². The van der Waals surface area contributed by atoms with Gasteiger partial charge in [-0.15, -0.1) is 0 Å². The van der Waals surface area contributed by atoms with Gasteiger partial charge in [0, 0.05) is 6.54 Å². The lowest BCUT2D eigenvalue weighted by molar-refractivity contribution is 0.318. The number of aliphatic imine (C=N–C) groups is 1. The summed E-state index contributed by atoms with van der Waals surface area (Å²) >= 11 is 0. The summed E-state index contributed by atoms with van der Waals surface area (Å²) in [7, 11) is 0. The second-order valence-corrected chi connectivity index (χ2v) is 5.71. The lowest BCUT2D eigenvalue weighted by Crippen LogP contribution is -2.38.